The van der Waals surface area contributed by atoms with Crippen LogP contribution in [0.15, 0.2) is 30.3 Å². The van der Waals surface area contributed by atoms with Crippen LogP contribution in [-0.4, -0.2) is 39.1 Å². The average Bonchev–Trinajstić information content (AvgIpc) is 2.62. The topological polar surface area (TPSA) is 77.8 Å². The zero-order chi connectivity index (χ0) is 19.6. The van der Waals surface area contributed by atoms with Gasteiger partial charge in [-0.05, 0) is 42.6 Å². The van der Waals surface area contributed by atoms with Gasteiger partial charge in [-0.25, -0.2) is 0 Å². The Labute approximate surface area is 161 Å². The molecule has 0 radical (unpaired) electrons. The fourth-order valence-corrected chi connectivity index (χ4v) is 4.83. The molecule has 27 heavy (non-hydrogen) atoms. The van der Waals surface area contributed by atoms with Gasteiger partial charge in [0.1, 0.15) is 0 Å². The second kappa shape index (κ2) is 8.53. The van der Waals surface area contributed by atoms with E-state index in [1.54, 1.807) is 0 Å². The fraction of sp³-hybridized carbons (Fsp3) is 0.636. The molecule has 5 nitrogen and oxygen atoms in total. The molecular formula is C22H31NO4. The molecule has 1 saturated heterocycles. The van der Waals surface area contributed by atoms with Gasteiger partial charge in [0.2, 0.25) is 11.8 Å². The van der Waals surface area contributed by atoms with Gasteiger partial charge in [0.15, 0.2) is 0 Å². The number of likely N-dealkylation sites (tertiary alicyclic amines) is 1. The highest BCUT2D eigenvalue weighted by Gasteiger charge is 2.39. The van der Waals surface area contributed by atoms with Gasteiger partial charge in [0.05, 0.1) is 18.8 Å². The van der Waals surface area contributed by atoms with E-state index in [0.29, 0.717) is 18.9 Å². The molecule has 0 bridgehead atoms. The third-order valence-corrected chi connectivity index (χ3v) is 6.25. The van der Waals surface area contributed by atoms with E-state index in [1.165, 1.54) is 4.90 Å². The molecular weight excluding hydrogens is 342 g/mol. The molecule has 5 heteroatoms. The van der Waals surface area contributed by atoms with Crippen LogP contribution in [0.5, 0.6) is 0 Å². The number of rotatable bonds is 5. The summed E-state index contributed by atoms with van der Waals surface area (Å²) in [6.07, 6.45) is 1.54. The summed E-state index contributed by atoms with van der Waals surface area (Å²) in [5.74, 6) is -0.0112. The number of aliphatic hydroxyl groups is 2. The molecule has 2 amide bonds. The van der Waals surface area contributed by atoms with Crippen molar-refractivity contribution in [1.29, 1.82) is 0 Å². The Hall–Kier alpha value is -1.72. The van der Waals surface area contributed by atoms with E-state index in [4.69, 9.17) is 0 Å². The van der Waals surface area contributed by atoms with Crippen molar-refractivity contribution in [3.63, 3.8) is 0 Å². The highest BCUT2D eigenvalue weighted by Crippen LogP contribution is 2.37. The van der Waals surface area contributed by atoms with Crippen molar-refractivity contribution in [2.24, 2.45) is 23.7 Å². The monoisotopic (exact) mass is 373 g/mol. The average molecular weight is 373 g/mol. The first-order valence-corrected chi connectivity index (χ1v) is 10.1. The van der Waals surface area contributed by atoms with Crippen LogP contribution in [0.25, 0.3) is 0 Å². The molecule has 4 unspecified atom stereocenters. The molecule has 0 spiro atoms. The summed E-state index contributed by atoms with van der Waals surface area (Å²) >= 11 is 0. The number of benzene rings is 1. The maximum Gasteiger partial charge on any atom is 0.229 e. The Morgan fingerprint density at radius 2 is 1.70 bits per heavy atom. The maximum absolute atomic E-state index is 12.5. The van der Waals surface area contributed by atoms with Crippen LogP contribution in [0, 0.1) is 23.7 Å². The fourth-order valence-electron chi connectivity index (χ4n) is 4.83. The molecule has 1 heterocycles. The summed E-state index contributed by atoms with van der Waals surface area (Å²) in [7, 11) is 0. The molecule has 1 aromatic carbocycles. The normalized spacial score (nSPS) is 31.2. The number of nitrogens with zero attached hydrogens (tertiary/aromatic N) is 1. The summed E-state index contributed by atoms with van der Waals surface area (Å²) in [4.78, 5) is 26.4. The van der Waals surface area contributed by atoms with Crippen LogP contribution >= 0.6 is 0 Å². The second-order valence-electron chi connectivity index (χ2n) is 8.64. The second-order valence-corrected chi connectivity index (χ2v) is 8.64. The predicted octanol–water partition coefficient (Wildman–Crippen LogP) is 2.75. The van der Waals surface area contributed by atoms with Crippen molar-refractivity contribution in [3.05, 3.63) is 35.9 Å². The Bertz CT molecular complexity index is 644. The number of hydrogen-bond acceptors (Lipinski definition) is 4. The molecule has 1 saturated carbocycles. The van der Waals surface area contributed by atoms with Crippen LogP contribution in [-0.2, 0) is 16.1 Å². The van der Waals surface area contributed by atoms with Crippen molar-refractivity contribution in [1.82, 2.24) is 4.90 Å². The lowest BCUT2D eigenvalue weighted by Gasteiger charge is -2.40. The Balaban J connectivity index is 1.58. The zero-order valence-electron chi connectivity index (χ0n) is 16.3. The van der Waals surface area contributed by atoms with Gasteiger partial charge in [-0.15, -0.1) is 0 Å². The molecule has 1 aromatic rings. The molecule has 5 atom stereocenters. The number of hydrogen-bond donors (Lipinski definition) is 2. The lowest BCUT2D eigenvalue weighted by molar-refractivity contribution is -0.151. The van der Waals surface area contributed by atoms with Crippen molar-refractivity contribution in [3.8, 4) is 0 Å². The van der Waals surface area contributed by atoms with Crippen molar-refractivity contribution < 1.29 is 19.8 Å². The van der Waals surface area contributed by atoms with Gasteiger partial charge in [-0.3, -0.25) is 14.5 Å². The highest BCUT2D eigenvalue weighted by molar-refractivity contribution is 5.97. The van der Waals surface area contributed by atoms with E-state index >= 15 is 0 Å². The number of amides is 2. The highest BCUT2D eigenvalue weighted by atomic mass is 16.3. The predicted molar refractivity (Wildman–Crippen MR) is 102 cm³/mol. The quantitative estimate of drug-likeness (QED) is 0.778. The van der Waals surface area contributed by atoms with Crippen molar-refractivity contribution >= 4 is 11.8 Å². The van der Waals surface area contributed by atoms with Gasteiger partial charge in [0.25, 0.3) is 0 Å². The molecule has 3 rings (SSSR count). The Kier molecular flexibility index (Phi) is 6.33. The van der Waals surface area contributed by atoms with E-state index in [1.807, 2.05) is 37.3 Å². The minimum absolute atomic E-state index is 0.147. The Morgan fingerprint density at radius 1 is 1.07 bits per heavy atom. The molecule has 0 aromatic heterocycles. The van der Waals surface area contributed by atoms with Crippen LogP contribution in [0.2, 0.25) is 0 Å². The molecule has 2 fully saturated rings. The van der Waals surface area contributed by atoms with E-state index in [-0.39, 0.29) is 42.4 Å². The third-order valence-electron chi connectivity index (χ3n) is 6.25. The van der Waals surface area contributed by atoms with Crippen LogP contribution in [0.3, 0.4) is 0 Å². The van der Waals surface area contributed by atoms with Crippen LogP contribution in [0.1, 0.15) is 51.5 Å². The molecule has 148 valence electrons. The first-order chi connectivity index (χ1) is 12.8. The number of aliphatic hydroxyl groups excluding tert-OH is 2. The molecule has 1 aliphatic carbocycles. The van der Waals surface area contributed by atoms with Crippen molar-refractivity contribution in [2.75, 3.05) is 0 Å². The van der Waals surface area contributed by atoms with E-state index in [2.05, 4.69) is 6.92 Å². The van der Waals surface area contributed by atoms with Gasteiger partial charge in [-0.2, -0.15) is 0 Å². The number of imide groups is 1. The molecule has 2 aliphatic rings. The van der Waals surface area contributed by atoms with Gasteiger partial charge >= 0.3 is 0 Å². The lowest BCUT2D eigenvalue weighted by atomic mass is 9.70. The SMILES string of the molecule is CC1C[C@H](C)CC(C(O)CC2CC(=O)N(Cc3ccccc3)C(=O)C2)C1O. The summed E-state index contributed by atoms with van der Waals surface area (Å²) in [6.45, 7) is 4.48. The van der Waals surface area contributed by atoms with Gasteiger partial charge in [-0.1, -0.05) is 44.2 Å². The van der Waals surface area contributed by atoms with E-state index in [9.17, 15) is 19.8 Å². The minimum Gasteiger partial charge on any atom is -0.393 e. The first kappa shape index (κ1) is 20.0. The summed E-state index contributed by atoms with van der Waals surface area (Å²) in [5.41, 5.74) is 0.936. The number of carbonyl (C=O) groups excluding carboxylic acids is 2. The van der Waals surface area contributed by atoms with Gasteiger partial charge in [0, 0.05) is 18.8 Å². The lowest BCUT2D eigenvalue weighted by Crippen LogP contribution is -2.45. The van der Waals surface area contributed by atoms with Crippen molar-refractivity contribution in [2.45, 2.75) is 64.7 Å². The largest absolute Gasteiger partial charge is 0.393 e. The smallest absolute Gasteiger partial charge is 0.229 e. The Morgan fingerprint density at radius 3 is 2.33 bits per heavy atom. The number of carbonyl (C=O) groups is 2. The van der Waals surface area contributed by atoms with E-state index in [0.717, 1.165) is 18.4 Å². The summed E-state index contributed by atoms with van der Waals surface area (Å²) in [5, 5.41) is 21.2. The maximum atomic E-state index is 12.5. The van der Waals surface area contributed by atoms with Crippen LogP contribution < -0.4 is 0 Å². The minimum atomic E-state index is -0.670. The van der Waals surface area contributed by atoms with Crippen LogP contribution in [0.4, 0.5) is 0 Å². The van der Waals surface area contributed by atoms with E-state index < -0.39 is 12.2 Å². The first-order valence-electron chi connectivity index (χ1n) is 10.1. The molecule has 2 N–H and O–H groups in total. The third kappa shape index (κ3) is 4.77. The standard InChI is InChI=1S/C22H31NO4/c1-14-8-15(2)22(27)18(9-14)19(24)10-17-11-20(25)23(21(26)12-17)13-16-6-4-3-5-7-16/h3-7,14-15,17-19,22,24,27H,8-13H2,1-2H3/t14-,15?,18?,19?,22?/m0/s1. The van der Waals surface area contributed by atoms with Gasteiger partial charge < -0.3 is 10.2 Å². The summed E-state index contributed by atoms with van der Waals surface area (Å²) in [6, 6.07) is 9.50. The summed E-state index contributed by atoms with van der Waals surface area (Å²) < 4.78 is 0. The molecule has 1 aliphatic heterocycles. The number of piperidine rings is 1. The zero-order valence-corrected chi connectivity index (χ0v) is 16.3.